The second-order valence-corrected chi connectivity index (χ2v) is 8.20. The summed E-state index contributed by atoms with van der Waals surface area (Å²) in [6.45, 7) is 2.06. The van der Waals surface area contributed by atoms with Crippen LogP contribution >= 0.6 is 27.7 Å². The normalized spacial score (nSPS) is 22.2. The molecule has 1 atom stereocenters. The zero-order valence-corrected chi connectivity index (χ0v) is 16.4. The van der Waals surface area contributed by atoms with E-state index < -0.39 is 11.2 Å². The SMILES string of the molecule is O=C(O)CC1SC(=NN=Cc2cc(Br)ccc2N2CCCCC2)NC1=O. The van der Waals surface area contributed by atoms with E-state index in [1.807, 2.05) is 12.1 Å². The smallest absolute Gasteiger partial charge is 0.305 e. The molecule has 0 saturated carbocycles. The minimum absolute atomic E-state index is 0.232. The summed E-state index contributed by atoms with van der Waals surface area (Å²) in [5, 5.41) is 19.2. The monoisotopic (exact) mass is 438 g/mol. The Balaban J connectivity index is 1.73. The van der Waals surface area contributed by atoms with Crippen molar-refractivity contribution in [3.05, 3.63) is 28.2 Å². The van der Waals surface area contributed by atoms with E-state index in [0.29, 0.717) is 5.17 Å². The van der Waals surface area contributed by atoms with Crippen molar-refractivity contribution in [3.8, 4) is 0 Å². The number of piperidine rings is 1. The molecule has 2 fully saturated rings. The number of thioether (sulfide) groups is 1. The van der Waals surface area contributed by atoms with Crippen LogP contribution in [-0.2, 0) is 9.59 Å². The first-order valence-corrected chi connectivity index (χ1v) is 10.0. The molecular weight excluding hydrogens is 420 g/mol. The molecule has 2 aliphatic heterocycles. The molecule has 26 heavy (non-hydrogen) atoms. The van der Waals surface area contributed by atoms with Crippen molar-refractivity contribution in [3.63, 3.8) is 0 Å². The van der Waals surface area contributed by atoms with Crippen molar-refractivity contribution in [2.75, 3.05) is 18.0 Å². The molecule has 0 aliphatic carbocycles. The van der Waals surface area contributed by atoms with Gasteiger partial charge in [-0.05, 0) is 37.5 Å². The molecule has 2 heterocycles. The molecule has 2 N–H and O–H groups in total. The molecule has 138 valence electrons. The van der Waals surface area contributed by atoms with Gasteiger partial charge in [-0.2, -0.15) is 5.10 Å². The number of nitrogens with one attached hydrogen (secondary N) is 1. The van der Waals surface area contributed by atoms with E-state index in [-0.39, 0.29) is 12.3 Å². The predicted octanol–water partition coefficient (Wildman–Crippen LogP) is 2.84. The summed E-state index contributed by atoms with van der Waals surface area (Å²) >= 11 is 4.58. The maximum Gasteiger partial charge on any atom is 0.305 e. The number of rotatable bonds is 5. The highest BCUT2D eigenvalue weighted by atomic mass is 79.9. The maximum absolute atomic E-state index is 11.7. The molecule has 9 heteroatoms. The Morgan fingerprint density at radius 1 is 1.38 bits per heavy atom. The third-order valence-electron chi connectivity index (χ3n) is 4.17. The number of hydrogen-bond donors (Lipinski definition) is 2. The average molecular weight is 439 g/mol. The third-order valence-corrected chi connectivity index (χ3v) is 5.73. The number of amides is 1. The molecule has 0 radical (unpaired) electrons. The maximum atomic E-state index is 11.7. The zero-order valence-electron chi connectivity index (χ0n) is 14.0. The number of carbonyl (C=O) groups is 2. The van der Waals surface area contributed by atoms with Gasteiger partial charge in [0.1, 0.15) is 5.25 Å². The summed E-state index contributed by atoms with van der Waals surface area (Å²) in [4.78, 5) is 24.8. The number of benzene rings is 1. The fraction of sp³-hybridized carbons (Fsp3) is 0.412. The van der Waals surface area contributed by atoms with Gasteiger partial charge < -0.3 is 15.3 Å². The van der Waals surface area contributed by atoms with Crippen LogP contribution in [0.3, 0.4) is 0 Å². The van der Waals surface area contributed by atoms with Crippen molar-refractivity contribution < 1.29 is 14.7 Å². The van der Waals surface area contributed by atoms with E-state index in [1.165, 1.54) is 19.3 Å². The van der Waals surface area contributed by atoms with E-state index in [2.05, 4.69) is 42.4 Å². The molecule has 1 unspecified atom stereocenters. The number of nitrogens with zero attached hydrogens (tertiary/aromatic N) is 3. The van der Waals surface area contributed by atoms with Gasteiger partial charge >= 0.3 is 5.97 Å². The van der Waals surface area contributed by atoms with Gasteiger partial charge in [-0.25, -0.2) is 0 Å². The van der Waals surface area contributed by atoms with E-state index in [4.69, 9.17) is 5.11 Å². The van der Waals surface area contributed by atoms with Crippen molar-refractivity contribution >= 4 is 56.6 Å². The number of amidine groups is 1. The van der Waals surface area contributed by atoms with Crippen LogP contribution in [0.1, 0.15) is 31.2 Å². The summed E-state index contributed by atoms with van der Waals surface area (Å²) in [7, 11) is 0. The lowest BCUT2D eigenvalue weighted by molar-refractivity contribution is -0.138. The summed E-state index contributed by atoms with van der Waals surface area (Å²) in [6.07, 6.45) is 5.06. The van der Waals surface area contributed by atoms with Crippen LogP contribution < -0.4 is 10.2 Å². The fourth-order valence-corrected chi connectivity index (χ4v) is 4.23. The zero-order chi connectivity index (χ0) is 18.5. The number of carboxylic acid groups (broad SMARTS) is 1. The van der Waals surface area contributed by atoms with Gasteiger partial charge in [0.15, 0.2) is 5.17 Å². The van der Waals surface area contributed by atoms with E-state index >= 15 is 0 Å². The van der Waals surface area contributed by atoms with Crippen LogP contribution in [0.5, 0.6) is 0 Å². The number of aliphatic carboxylic acids is 1. The molecule has 1 amide bonds. The van der Waals surface area contributed by atoms with Crippen molar-refractivity contribution in [1.82, 2.24) is 5.32 Å². The summed E-state index contributed by atoms with van der Waals surface area (Å²) in [5.41, 5.74) is 2.06. The second-order valence-electron chi connectivity index (χ2n) is 6.09. The van der Waals surface area contributed by atoms with Crippen LogP contribution in [0.25, 0.3) is 0 Å². The highest BCUT2D eigenvalue weighted by molar-refractivity contribution is 9.10. The third kappa shape index (κ3) is 4.85. The number of hydrogen-bond acceptors (Lipinski definition) is 6. The number of carboxylic acids is 1. The number of carbonyl (C=O) groups excluding carboxylic acids is 1. The van der Waals surface area contributed by atoms with Crippen molar-refractivity contribution in [2.45, 2.75) is 30.9 Å². The van der Waals surface area contributed by atoms with E-state index in [0.717, 1.165) is 40.6 Å². The minimum Gasteiger partial charge on any atom is -0.481 e. The second kappa shape index (κ2) is 8.68. The lowest BCUT2D eigenvalue weighted by Gasteiger charge is -2.30. The molecular formula is C17H19BrN4O3S. The first-order chi connectivity index (χ1) is 12.5. The number of halogens is 1. The van der Waals surface area contributed by atoms with Gasteiger partial charge in [0.2, 0.25) is 5.91 Å². The Bertz CT molecular complexity index is 762. The minimum atomic E-state index is -1.01. The van der Waals surface area contributed by atoms with E-state index in [1.54, 1.807) is 6.21 Å². The molecule has 0 spiro atoms. The van der Waals surface area contributed by atoms with Gasteiger partial charge in [0, 0.05) is 28.8 Å². The molecule has 0 bridgehead atoms. The van der Waals surface area contributed by atoms with Crippen molar-refractivity contribution in [2.24, 2.45) is 10.2 Å². The Labute approximate surface area is 164 Å². The lowest BCUT2D eigenvalue weighted by Crippen LogP contribution is -2.30. The van der Waals surface area contributed by atoms with Gasteiger partial charge in [-0.1, -0.05) is 27.7 Å². The molecule has 1 aromatic rings. The standard InChI is InChI=1S/C17H19BrN4O3S/c18-12-4-5-13(22-6-2-1-3-7-22)11(8-12)10-19-21-17-20-16(25)14(26-17)9-15(23)24/h4-5,8,10,14H,1-3,6-7,9H2,(H,23,24)(H,20,21,25). The van der Waals surface area contributed by atoms with Gasteiger partial charge in [0.05, 0.1) is 12.6 Å². The van der Waals surface area contributed by atoms with Crippen LogP contribution in [-0.4, -0.2) is 46.7 Å². The quantitative estimate of drug-likeness (QED) is 0.544. The van der Waals surface area contributed by atoms with Crippen LogP contribution in [0.4, 0.5) is 5.69 Å². The molecule has 2 saturated heterocycles. The lowest BCUT2D eigenvalue weighted by atomic mass is 10.1. The first-order valence-electron chi connectivity index (χ1n) is 8.38. The molecule has 0 aromatic heterocycles. The molecule has 2 aliphatic rings. The average Bonchev–Trinajstić information content (AvgIpc) is 2.95. The van der Waals surface area contributed by atoms with Gasteiger partial charge in [-0.15, -0.1) is 5.10 Å². The van der Waals surface area contributed by atoms with E-state index in [9.17, 15) is 9.59 Å². The van der Waals surface area contributed by atoms with Gasteiger partial charge in [-0.3, -0.25) is 9.59 Å². The largest absolute Gasteiger partial charge is 0.481 e. The Morgan fingerprint density at radius 3 is 2.88 bits per heavy atom. The highest BCUT2D eigenvalue weighted by Crippen LogP contribution is 2.26. The summed E-state index contributed by atoms with van der Waals surface area (Å²) in [5.74, 6) is -1.36. The Hall–Kier alpha value is -1.87. The summed E-state index contributed by atoms with van der Waals surface area (Å²) < 4.78 is 0.956. The van der Waals surface area contributed by atoms with Crippen LogP contribution in [0.2, 0.25) is 0 Å². The van der Waals surface area contributed by atoms with Crippen LogP contribution in [0, 0.1) is 0 Å². The predicted molar refractivity (Wildman–Crippen MR) is 107 cm³/mol. The Kier molecular flexibility index (Phi) is 6.31. The van der Waals surface area contributed by atoms with Gasteiger partial charge in [0.25, 0.3) is 0 Å². The number of anilines is 1. The first kappa shape index (κ1) is 18.9. The molecule has 3 rings (SSSR count). The van der Waals surface area contributed by atoms with Crippen LogP contribution in [0.15, 0.2) is 32.9 Å². The topological polar surface area (TPSA) is 94.4 Å². The summed E-state index contributed by atoms with van der Waals surface area (Å²) in [6, 6.07) is 6.07. The molecule has 7 nitrogen and oxygen atoms in total. The fourth-order valence-electron chi connectivity index (χ4n) is 2.94. The molecule has 1 aromatic carbocycles. The Morgan fingerprint density at radius 2 is 2.15 bits per heavy atom. The highest BCUT2D eigenvalue weighted by Gasteiger charge is 2.32. The van der Waals surface area contributed by atoms with Crippen molar-refractivity contribution in [1.29, 1.82) is 0 Å².